The zero-order valence-corrected chi connectivity index (χ0v) is 11.9. The summed E-state index contributed by atoms with van der Waals surface area (Å²) in [6.45, 7) is 5.10. The van der Waals surface area contributed by atoms with Crippen LogP contribution < -0.4 is 0 Å². The number of likely N-dealkylation sites (tertiary alicyclic amines) is 2. The number of hydrogen-bond donors (Lipinski definition) is 0. The van der Waals surface area contributed by atoms with Gasteiger partial charge in [0.15, 0.2) is 0 Å². The molecule has 2 aliphatic heterocycles. The molecule has 1 aromatic rings. The summed E-state index contributed by atoms with van der Waals surface area (Å²) in [5.41, 5.74) is 1.33. The molecule has 3 heterocycles. The number of aromatic nitrogens is 1. The van der Waals surface area contributed by atoms with Crippen molar-refractivity contribution >= 4 is 5.91 Å². The Balaban J connectivity index is 1.48. The topological polar surface area (TPSA) is 49.6 Å². The summed E-state index contributed by atoms with van der Waals surface area (Å²) in [4.78, 5) is 17.3. The lowest BCUT2D eigenvalue weighted by Gasteiger charge is -2.25. The predicted molar refractivity (Wildman–Crippen MR) is 73.4 cm³/mol. The van der Waals surface area contributed by atoms with Crippen molar-refractivity contribution in [3.05, 3.63) is 17.5 Å². The molecule has 108 valence electrons. The molecule has 0 unspecified atom stereocenters. The van der Waals surface area contributed by atoms with Gasteiger partial charge in [-0.3, -0.25) is 9.69 Å². The average molecular weight is 275 g/mol. The quantitative estimate of drug-likeness (QED) is 0.842. The number of hydrogen-bond acceptors (Lipinski definition) is 4. The first kappa shape index (κ1) is 12.4. The zero-order valence-electron chi connectivity index (χ0n) is 11.9. The number of amides is 1. The van der Waals surface area contributed by atoms with E-state index in [4.69, 9.17) is 4.52 Å². The van der Waals surface area contributed by atoms with Crippen molar-refractivity contribution < 1.29 is 9.32 Å². The fourth-order valence-electron chi connectivity index (χ4n) is 3.84. The molecule has 5 nitrogen and oxygen atoms in total. The van der Waals surface area contributed by atoms with Gasteiger partial charge >= 0.3 is 0 Å². The van der Waals surface area contributed by atoms with Gasteiger partial charge in [0, 0.05) is 31.7 Å². The highest BCUT2D eigenvalue weighted by atomic mass is 16.5. The molecule has 1 aliphatic carbocycles. The van der Waals surface area contributed by atoms with Crippen molar-refractivity contribution in [1.29, 1.82) is 0 Å². The third kappa shape index (κ3) is 1.95. The van der Waals surface area contributed by atoms with E-state index >= 15 is 0 Å². The van der Waals surface area contributed by atoms with E-state index in [1.807, 2.05) is 6.92 Å². The van der Waals surface area contributed by atoms with Gasteiger partial charge in [0.1, 0.15) is 11.8 Å². The first-order valence-electron chi connectivity index (χ1n) is 7.70. The third-order valence-electron chi connectivity index (χ3n) is 5.12. The number of aryl methyl sites for hydroxylation is 1. The Hall–Kier alpha value is -1.36. The highest BCUT2D eigenvalue weighted by Gasteiger charge is 2.45. The predicted octanol–water partition coefficient (Wildman–Crippen LogP) is 1.68. The van der Waals surface area contributed by atoms with Crippen LogP contribution in [0.15, 0.2) is 10.8 Å². The van der Waals surface area contributed by atoms with Crippen LogP contribution in [0, 0.1) is 12.8 Å². The largest absolute Gasteiger partial charge is 0.364 e. The van der Waals surface area contributed by atoms with Crippen molar-refractivity contribution in [2.75, 3.05) is 19.6 Å². The van der Waals surface area contributed by atoms with Gasteiger partial charge in [0.05, 0.1) is 5.69 Å². The van der Waals surface area contributed by atoms with E-state index in [1.54, 1.807) is 0 Å². The van der Waals surface area contributed by atoms with Gasteiger partial charge in [0.25, 0.3) is 5.91 Å². The van der Waals surface area contributed by atoms with Crippen molar-refractivity contribution in [2.45, 2.75) is 44.7 Å². The van der Waals surface area contributed by atoms with Crippen LogP contribution >= 0.6 is 0 Å². The maximum atomic E-state index is 12.6. The van der Waals surface area contributed by atoms with Crippen LogP contribution in [0.3, 0.4) is 0 Å². The number of carbonyl (C=O) groups excluding carboxylic acids is 1. The fourth-order valence-corrected chi connectivity index (χ4v) is 3.84. The Kier molecular flexibility index (Phi) is 2.84. The minimum atomic E-state index is 0.101. The monoisotopic (exact) mass is 275 g/mol. The lowest BCUT2D eigenvalue weighted by atomic mass is 10.1. The smallest absolute Gasteiger partial charge is 0.259 e. The van der Waals surface area contributed by atoms with Crippen LogP contribution in [0.25, 0.3) is 0 Å². The zero-order chi connectivity index (χ0) is 13.7. The van der Waals surface area contributed by atoms with E-state index in [-0.39, 0.29) is 5.91 Å². The van der Waals surface area contributed by atoms with Gasteiger partial charge in [-0.1, -0.05) is 5.16 Å². The Morgan fingerprint density at radius 3 is 2.80 bits per heavy atom. The summed E-state index contributed by atoms with van der Waals surface area (Å²) in [6, 6.07) is 0.982. The van der Waals surface area contributed by atoms with E-state index < -0.39 is 0 Å². The summed E-state index contributed by atoms with van der Waals surface area (Å²) in [5.74, 6) is 1.03. The standard InChI is InChI=1S/C15H21N3O2/c1-10-12(9-20-16-10)15(19)18-7-5-13-14(18)4-6-17(13)8-11-2-3-11/h9,11,13-14H,2-8H2,1H3/t13-,14+/m0/s1. The lowest BCUT2D eigenvalue weighted by molar-refractivity contribution is 0.0730. The molecular weight excluding hydrogens is 254 g/mol. The molecule has 2 atom stereocenters. The van der Waals surface area contributed by atoms with Crippen LogP contribution in [-0.2, 0) is 0 Å². The molecule has 5 heteroatoms. The molecule has 0 N–H and O–H groups in total. The molecular formula is C15H21N3O2. The second-order valence-corrected chi connectivity index (χ2v) is 6.46. The van der Waals surface area contributed by atoms with Gasteiger partial charge in [0.2, 0.25) is 0 Å². The fraction of sp³-hybridized carbons (Fsp3) is 0.733. The minimum absolute atomic E-state index is 0.101. The average Bonchev–Trinajstić information content (AvgIpc) is 2.85. The second-order valence-electron chi connectivity index (χ2n) is 6.46. The van der Waals surface area contributed by atoms with E-state index in [2.05, 4.69) is 15.0 Å². The Morgan fingerprint density at radius 1 is 1.30 bits per heavy atom. The van der Waals surface area contributed by atoms with Crippen molar-refractivity contribution in [1.82, 2.24) is 15.0 Å². The van der Waals surface area contributed by atoms with Gasteiger partial charge < -0.3 is 9.42 Å². The number of rotatable bonds is 3. The van der Waals surface area contributed by atoms with E-state index in [9.17, 15) is 4.79 Å². The summed E-state index contributed by atoms with van der Waals surface area (Å²) in [7, 11) is 0. The van der Waals surface area contributed by atoms with Crippen molar-refractivity contribution in [3.63, 3.8) is 0 Å². The highest BCUT2D eigenvalue weighted by Crippen LogP contribution is 2.37. The Labute approximate surface area is 118 Å². The number of nitrogens with zero attached hydrogens (tertiary/aromatic N) is 3. The molecule has 0 radical (unpaired) electrons. The van der Waals surface area contributed by atoms with E-state index in [0.29, 0.717) is 23.3 Å². The molecule has 3 fully saturated rings. The SMILES string of the molecule is Cc1nocc1C(=O)N1CC[C@H]2[C@H]1CCN2CC1CC1. The molecule has 2 saturated heterocycles. The van der Waals surface area contributed by atoms with E-state index in [1.165, 1.54) is 25.6 Å². The van der Waals surface area contributed by atoms with Crippen LogP contribution in [0.5, 0.6) is 0 Å². The van der Waals surface area contributed by atoms with Crippen LogP contribution in [0.2, 0.25) is 0 Å². The minimum Gasteiger partial charge on any atom is -0.364 e. The maximum Gasteiger partial charge on any atom is 0.259 e. The summed E-state index contributed by atoms with van der Waals surface area (Å²) in [5, 5.41) is 3.82. The van der Waals surface area contributed by atoms with Gasteiger partial charge in [-0.15, -0.1) is 0 Å². The number of carbonyl (C=O) groups is 1. The molecule has 20 heavy (non-hydrogen) atoms. The molecule has 0 bridgehead atoms. The van der Waals surface area contributed by atoms with Crippen LogP contribution in [0.4, 0.5) is 0 Å². The first-order chi connectivity index (χ1) is 9.74. The Morgan fingerprint density at radius 2 is 2.10 bits per heavy atom. The van der Waals surface area contributed by atoms with Gasteiger partial charge in [-0.05, 0) is 38.5 Å². The normalized spacial score (nSPS) is 29.9. The lowest BCUT2D eigenvalue weighted by Crippen LogP contribution is -2.40. The number of fused-ring (bicyclic) bond motifs is 1. The molecule has 1 aromatic heterocycles. The Bertz CT molecular complexity index is 523. The summed E-state index contributed by atoms with van der Waals surface area (Å²) in [6.07, 6.45) is 6.52. The van der Waals surface area contributed by atoms with Crippen molar-refractivity contribution in [2.24, 2.45) is 5.92 Å². The molecule has 3 aliphatic rings. The third-order valence-corrected chi connectivity index (χ3v) is 5.12. The van der Waals surface area contributed by atoms with Crippen LogP contribution in [0.1, 0.15) is 41.7 Å². The van der Waals surface area contributed by atoms with E-state index in [0.717, 1.165) is 31.8 Å². The molecule has 4 rings (SSSR count). The molecule has 0 aromatic carbocycles. The van der Waals surface area contributed by atoms with Crippen molar-refractivity contribution in [3.8, 4) is 0 Å². The van der Waals surface area contributed by atoms with Crippen LogP contribution in [-0.4, -0.2) is 52.6 Å². The summed E-state index contributed by atoms with van der Waals surface area (Å²) < 4.78 is 4.91. The molecule has 1 saturated carbocycles. The molecule has 1 amide bonds. The molecule has 0 spiro atoms. The van der Waals surface area contributed by atoms with Gasteiger partial charge in [-0.25, -0.2) is 0 Å². The second kappa shape index (κ2) is 4.58. The van der Waals surface area contributed by atoms with Gasteiger partial charge in [-0.2, -0.15) is 0 Å². The highest BCUT2D eigenvalue weighted by molar-refractivity contribution is 5.95. The summed E-state index contributed by atoms with van der Waals surface area (Å²) >= 11 is 0. The maximum absolute atomic E-state index is 12.6. The first-order valence-corrected chi connectivity index (χ1v) is 7.70.